The lowest BCUT2D eigenvalue weighted by Gasteiger charge is -2.18. The van der Waals surface area contributed by atoms with Crippen molar-refractivity contribution in [3.63, 3.8) is 0 Å². The van der Waals surface area contributed by atoms with Crippen molar-refractivity contribution in [2.45, 2.75) is 38.0 Å². The Hall–Kier alpha value is -3.19. The molecule has 0 radical (unpaired) electrons. The first-order valence-electron chi connectivity index (χ1n) is 10.1. The fraction of sp³-hybridized carbons (Fsp3) is 0.348. The molecule has 0 bridgehead atoms. The third kappa shape index (κ3) is 6.15. The van der Waals surface area contributed by atoms with Crippen LogP contribution >= 0.6 is 0 Å². The molecular formula is C23H26N2O5. The van der Waals surface area contributed by atoms with E-state index in [1.165, 1.54) is 0 Å². The molecule has 2 N–H and O–H groups in total. The average Bonchev–Trinajstić information content (AvgIpc) is 3.56. The van der Waals surface area contributed by atoms with Gasteiger partial charge in [-0.05, 0) is 24.5 Å². The van der Waals surface area contributed by atoms with Crippen molar-refractivity contribution in [3.05, 3.63) is 71.8 Å². The van der Waals surface area contributed by atoms with Crippen molar-refractivity contribution in [1.82, 2.24) is 10.6 Å². The van der Waals surface area contributed by atoms with E-state index in [9.17, 15) is 14.4 Å². The van der Waals surface area contributed by atoms with Gasteiger partial charge in [-0.3, -0.25) is 9.59 Å². The SMILES string of the molecule is CCOC(=O)C1OC1C(=O)N[C@H](Cc1ccccc1)C(=O)NCCc1ccccc1. The first-order valence-corrected chi connectivity index (χ1v) is 10.1. The number of carbonyl (C=O) groups excluding carboxylic acids is 3. The van der Waals surface area contributed by atoms with Gasteiger partial charge in [-0.15, -0.1) is 0 Å². The maximum absolute atomic E-state index is 12.8. The quantitative estimate of drug-likeness (QED) is 0.456. The van der Waals surface area contributed by atoms with E-state index in [0.717, 1.165) is 11.1 Å². The van der Waals surface area contributed by atoms with Crippen LogP contribution in [0.4, 0.5) is 0 Å². The number of benzene rings is 2. The van der Waals surface area contributed by atoms with E-state index in [2.05, 4.69) is 10.6 Å². The second kappa shape index (κ2) is 10.5. The summed E-state index contributed by atoms with van der Waals surface area (Å²) in [7, 11) is 0. The predicted octanol–water partition coefficient (Wildman–Crippen LogP) is 1.40. The minimum absolute atomic E-state index is 0.216. The van der Waals surface area contributed by atoms with E-state index in [1.54, 1.807) is 6.92 Å². The normalized spacial score (nSPS) is 18.2. The fourth-order valence-corrected chi connectivity index (χ4v) is 3.13. The monoisotopic (exact) mass is 410 g/mol. The summed E-state index contributed by atoms with van der Waals surface area (Å²) in [5.74, 6) is -1.34. The summed E-state index contributed by atoms with van der Waals surface area (Å²) in [6.07, 6.45) is -0.793. The Labute approximate surface area is 175 Å². The van der Waals surface area contributed by atoms with Gasteiger partial charge < -0.3 is 20.1 Å². The molecule has 1 saturated heterocycles. The maximum atomic E-state index is 12.8. The molecule has 158 valence electrons. The Morgan fingerprint density at radius 1 is 0.967 bits per heavy atom. The Morgan fingerprint density at radius 2 is 1.60 bits per heavy atom. The van der Waals surface area contributed by atoms with Crippen molar-refractivity contribution >= 4 is 17.8 Å². The topological polar surface area (TPSA) is 97.0 Å². The van der Waals surface area contributed by atoms with Gasteiger partial charge in [0.25, 0.3) is 5.91 Å². The number of hydrogen-bond donors (Lipinski definition) is 2. The molecule has 2 amide bonds. The fourth-order valence-electron chi connectivity index (χ4n) is 3.13. The van der Waals surface area contributed by atoms with Gasteiger partial charge in [0, 0.05) is 13.0 Å². The Kier molecular flexibility index (Phi) is 7.57. The zero-order chi connectivity index (χ0) is 21.3. The second-order valence-electron chi connectivity index (χ2n) is 7.01. The largest absolute Gasteiger partial charge is 0.464 e. The summed E-state index contributed by atoms with van der Waals surface area (Å²) in [5.41, 5.74) is 2.03. The summed E-state index contributed by atoms with van der Waals surface area (Å²) in [6.45, 7) is 2.36. The van der Waals surface area contributed by atoms with Gasteiger partial charge in [-0.2, -0.15) is 0 Å². The summed E-state index contributed by atoms with van der Waals surface area (Å²) >= 11 is 0. The molecule has 1 aliphatic rings. The third-order valence-electron chi connectivity index (χ3n) is 4.74. The highest BCUT2D eigenvalue weighted by atomic mass is 16.6. The van der Waals surface area contributed by atoms with E-state index >= 15 is 0 Å². The second-order valence-corrected chi connectivity index (χ2v) is 7.01. The van der Waals surface area contributed by atoms with Crippen molar-refractivity contribution in [2.24, 2.45) is 0 Å². The number of nitrogens with one attached hydrogen (secondary N) is 2. The number of esters is 1. The van der Waals surface area contributed by atoms with Gasteiger partial charge in [0.15, 0.2) is 12.2 Å². The number of ether oxygens (including phenoxy) is 2. The Bertz CT molecular complexity index is 856. The molecule has 7 heteroatoms. The van der Waals surface area contributed by atoms with Crippen LogP contribution in [0.1, 0.15) is 18.1 Å². The molecule has 2 unspecified atom stereocenters. The molecule has 0 saturated carbocycles. The number of rotatable bonds is 10. The van der Waals surface area contributed by atoms with Crippen molar-refractivity contribution in [1.29, 1.82) is 0 Å². The van der Waals surface area contributed by atoms with E-state index in [4.69, 9.17) is 9.47 Å². The number of carbonyl (C=O) groups is 3. The van der Waals surface area contributed by atoms with Crippen LogP contribution in [0.15, 0.2) is 60.7 Å². The number of hydrogen-bond acceptors (Lipinski definition) is 5. The highest BCUT2D eigenvalue weighted by molar-refractivity contribution is 5.95. The molecule has 0 aliphatic carbocycles. The number of epoxide rings is 1. The third-order valence-corrected chi connectivity index (χ3v) is 4.74. The molecule has 0 aromatic heterocycles. The standard InChI is InChI=1S/C23H26N2O5/c1-2-29-23(28)20-19(30-20)22(27)25-18(15-17-11-7-4-8-12-17)21(26)24-14-13-16-9-5-3-6-10-16/h3-12,18-20H,2,13-15H2,1H3,(H,24,26)(H,25,27)/t18-,19?,20?/m1/s1. The minimum Gasteiger partial charge on any atom is -0.464 e. The molecule has 2 aromatic rings. The molecule has 3 atom stereocenters. The van der Waals surface area contributed by atoms with E-state index in [0.29, 0.717) is 19.4 Å². The molecule has 7 nitrogen and oxygen atoms in total. The van der Waals surface area contributed by atoms with Crippen molar-refractivity contribution in [3.8, 4) is 0 Å². The van der Waals surface area contributed by atoms with Crippen LogP contribution in [0.2, 0.25) is 0 Å². The summed E-state index contributed by atoms with van der Waals surface area (Å²) in [6, 6.07) is 18.5. The van der Waals surface area contributed by atoms with Crippen molar-refractivity contribution in [2.75, 3.05) is 13.2 Å². The first kappa shape index (κ1) is 21.5. The lowest BCUT2D eigenvalue weighted by molar-refractivity contribution is -0.144. The highest BCUT2D eigenvalue weighted by Crippen LogP contribution is 2.24. The molecule has 1 fully saturated rings. The van der Waals surface area contributed by atoms with Gasteiger partial charge in [0.05, 0.1) is 6.61 Å². The van der Waals surface area contributed by atoms with Crippen LogP contribution < -0.4 is 10.6 Å². The molecule has 0 spiro atoms. The lowest BCUT2D eigenvalue weighted by atomic mass is 10.0. The van der Waals surface area contributed by atoms with Crippen LogP contribution in [-0.4, -0.2) is 49.2 Å². The van der Waals surface area contributed by atoms with Gasteiger partial charge in [0.1, 0.15) is 6.04 Å². The van der Waals surface area contributed by atoms with E-state index < -0.39 is 30.1 Å². The van der Waals surface area contributed by atoms with Crippen LogP contribution in [-0.2, 0) is 36.7 Å². The summed E-state index contributed by atoms with van der Waals surface area (Å²) in [5, 5.41) is 5.60. The summed E-state index contributed by atoms with van der Waals surface area (Å²) < 4.78 is 10.0. The van der Waals surface area contributed by atoms with Crippen molar-refractivity contribution < 1.29 is 23.9 Å². The summed E-state index contributed by atoms with van der Waals surface area (Å²) in [4.78, 5) is 37.0. The first-order chi connectivity index (χ1) is 14.6. The Morgan fingerprint density at radius 3 is 2.23 bits per heavy atom. The van der Waals surface area contributed by atoms with Gasteiger partial charge in [-0.25, -0.2) is 4.79 Å². The van der Waals surface area contributed by atoms with Gasteiger partial charge in [-0.1, -0.05) is 60.7 Å². The van der Waals surface area contributed by atoms with Crippen LogP contribution in [0.5, 0.6) is 0 Å². The lowest BCUT2D eigenvalue weighted by Crippen LogP contribution is -2.50. The van der Waals surface area contributed by atoms with Crippen LogP contribution in [0.25, 0.3) is 0 Å². The number of amides is 2. The molecule has 1 aliphatic heterocycles. The average molecular weight is 410 g/mol. The highest BCUT2D eigenvalue weighted by Gasteiger charge is 2.52. The molecule has 2 aromatic carbocycles. The van der Waals surface area contributed by atoms with Gasteiger partial charge >= 0.3 is 5.97 Å². The molecule has 3 rings (SSSR count). The zero-order valence-electron chi connectivity index (χ0n) is 16.9. The maximum Gasteiger partial charge on any atom is 0.338 e. The smallest absolute Gasteiger partial charge is 0.338 e. The van der Waals surface area contributed by atoms with E-state index in [-0.39, 0.29) is 12.5 Å². The predicted molar refractivity (Wildman–Crippen MR) is 111 cm³/mol. The molecule has 1 heterocycles. The van der Waals surface area contributed by atoms with Crippen LogP contribution in [0.3, 0.4) is 0 Å². The van der Waals surface area contributed by atoms with Gasteiger partial charge in [0.2, 0.25) is 5.91 Å². The minimum atomic E-state index is -0.917. The molecular weight excluding hydrogens is 384 g/mol. The molecule has 30 heavy (non-hydrogen) atoms. The zero-order valence-corrected chi connectivity index (χ0v) is 16.9. The van der Waals surface area contributed by atoms with E-state index in [1.807, 2.05) is 60.7 Å². The van der Waals surface area contributed by atoms with Crippen LogP contribution in [0, 0.1) is 0 Å². The Balaban J connectivity index is 1.58.